The number of hydrogen-bond acceptors (Lipinski definition) is 5. The Hall–Kier alpha value is -3.12. The molecule has 2 aromatic carbocycles. The van der Waals surface area contributed by atoms with Crippen LogP contribution in [-0.2, 0) is 0 Å². The van der Waals surface area contributed by atoms with Gasteiger partial charge in [-0.15, -0.1) is 0 Å². The Morgan fingerprint density at radius 1 is 0.939 bits per heavy atom. The van der Waals surface area contributed by atoms with E-state index in [1.165, 1.54) is 5.56 Å². The van der Waals surface area contributed by atoms with Gasteiger partial charge in [0, 0.05) is 37.3 Å². The number of aromatic nitrogens is 1. The van der Waals surface area contributed by atoms with Crippen LogP contribution in [0.1, 0.15) is 31.9 Å². The van der Waals surface area contributed by atoms with Crippen molar-refractivity contribution in [1.82, 2.24) is 9.88 Å². The summed E-state index contributed by atoms with van der Waals surface area (Å²) in [5.74, 6) is 1.25. The summed E-state index contributed by atoms with van der Waals surface area (Å²) in [4.78, 5) is 9.69. The van der Waals surface area contributed by atoms with E-state index >= 15 is 0 Å². The quantitative estimate of drug-likeness (QED) is 0.472. The Labute approximate surface area is 195 Å². The highest BCUT2D eigenvalue weighted by Crippen LogP contribution is 2.35. The van der Waals surface area contributed by atoms with Crippen molar-refractivity contribution in [3.8, 4) is 22.9 Å². The Bertz CT molecular complexity index is 1040. The molecule has 1 atom stereocenters. The first-order valence-corrected chi connectivity index (χ1v) is 11.7. The summed E-state index contributed by atoms with van der Waals surface area (Å²) in [6.45, 7) is 8.45. The summed E-state index contributed by atoms with van der Waals surface area (Å²) in [5.41, 5.74) is 4.19. The van der Waals surface area contributed by atoms with Crippen molar-refractivity contribution in [3.05, 3.63) is 72.0 Å². The fourth-order valence-electron chi connectivity index (χ4n) is 4.55. The lowest BCUT2D eigenvalue weighted by Gasteiger charge is -2.28. The van der Waals surface area contributed by atoms with Crippen LogP contribution in [0.5, 0.6) is 11.6 Å². The third kappa shape index (κ3) is 5.28. The van der Waals surface area contributed by atoms with Gasteiger partial charge in [-0.1, -0.05) is 19.1 Å². The van der Waals surface area contributed by atoms with Crippen LogP contribution in [0, 0.1) is 5.82 Å². The van der Waals surface area contributed by atoms with Crippen molar-refractivity contribution in [2.24, 2.45) is 0 Å². The minimum absolute atomic E-state index is 0.193. The number of methoxy groups -OCH3 is 1. The molecule has 0 N–H and O–H groups in total. The Morgan fingerprint density at radius 3 is 2.36 bits per heavy atom. The number of pyridine rings is 1. The van der Waals surface area contributed by atoms with Gasteiger partial charge in [-0.2, -0.15) is 0 Å². The van der Waals surface area contributed by atoms with Gasteiger partial charge < -0.3 is 14.4 Å². The van der Waals surface area contributed by atoms with E-state index in [0.717, 1.165) is 55.3 Å². The molecule has 0 radical (unpaired) electrons. The highest BCUT2D eigenvalue weighted by molar-refractivity contribution is 5.76. The zero-order valence-electron chi connectivity index (χ0n) is 19.6. The van der Waals surface area contributed by atoms with Gasteiger partial charge in [0.25, 0.3) is 0 Å². The number of nitrogens with zero attached hydrogens (tertiary/aromatic N) is 3. The molecule has 1 saturated heterocycles. The van der Waals surface area contributed by atoms with E-state index in [1.807, 2.05) is 49.4 Å². The second-order valence-electron chi connectivity index (χ2n) is 8.15. The summed E-state index contributed by atoms with van der Waals surface area (Å²) in [7, 11) is 1.64. The molecule has 1 aliphatic rings. The lowest BCUT2D eigenvalue weighted by atomic mass is 10.0. The molecule has 0 saturated carbocycles. The van der Waals surface area contributed by atoms with Gasteiger partial charge >= 0.3 is 0 Å². The van der Waals surface area contributed by atoms with Gasteiger partial charge in [-0.05, 0) is 67.9 Å². The number of likely N-dealkylation sites (N-methyl/N-ethyl adjacent to an activating group) is 1. The smallest absolute Gasteiger partial charge is 0.213 e. The number of hydrogen-bond donors (Lipinski definition) is 0. The minimum atomic E-state index is -0.193. The lowest BCUT2D eigenvalue weighted by Crippen LogP contribution is -2.32. The SMILES string of the molecule is CCOc1ccc(-c2nc(OC)ccc2N2CCC(c3ccc(F)cc3)N(CC)CC2)cc1. The molecule has 1 aromatic heterocycles. The van der Waals surface area contributed by atoms with E-state index in [4.69, 9.17) is 14.5 Å². The standard InChI is InChI=1S/C27H32FN3O2/c1-4-30-18-19-31(17-16-24(30)20-6-10-22(28)11-7-20)25-14-15-26(32-3)29-27(25)21-8-12-23(13-9-21)33-5-2/h6-15,24H,4-5,16-19H2,1-3H3. The maximum atomic E-state index is 13.5. The molecule has 1 aliphatic heterocycles. The monoisotopic (exact) mass is 449 g/mol. The number of benzene rings is 2. The molecule has 0 aliphatic carbocycles. The Morgan fingerprint density at radius 2 is 1.70 bits per heavy atom. The number of rotatable bonds is 7. The van der Waals surface area contributed by atoms with Crippen molar-refractivity contribution in [2.45, 2.75) is 26.3 Å². The Kier molecular flexibility index (Phi) is 7.45. The molecule has 3 aromatic rings. The molecular weight excluding hydrogens is 417 g/mol. The van der Waals surface area contributed by atoms with Gasteiger partial charge in [0.1, 0.15) is 11.6 Å². The first-order valence-electron chi connectivity index (χ1n) is 11.7. The minimum Gasteiger partial charge on any atom is -0.494 e. The van der Waals surface area contributed by atoms with Crippen LogP contribution in [0.15, 0.2) is 60.7 Å². The predicted octanol–water partition coefficient (Wildman–Crippen LogP) is 5.57. The number of halogens is 1. The normalized spacial score (nSPS) is 17.0. The van der Waals surface area contributed by atoms with Crippen LogP contribution in [0.3, 0.4) is 0 Å². The molecule has 1 fully saturated rings. The molecule has 0 amide bonds. The van der Waals surface area contributed by atoms with Crippen LogP contribution in [0.2, 0.25) is 0 Å². The zero-order chi connectivity index (χ0) is 23.2. The van der Waals surface area contributed by atoms with Crippen LogP contribution in [0.25, 0.3) is 11.3 Å². The van der Waals surface area contributed by atoms with Crippen molar-refractivity contribution >= 4 is 5.69 Å². The molecule has 2 heterocycles. The molecule has 174 valence electrons. The van der Waals surface area contributed by atoms with Crippen molar-refractivity contribution in [1.29, 1.82) is 0 Å². The molecule has 0 spiro atoms. The van der Waals surface area contributed by atoms with Gasteiger partial charge in [0.15, 0.2) is 0 Å². The highest BCUT2D eigenvalue weighted by Gasteiger charge is 2.26. The van der Waals surface area contributed by atoms with Crippen LogP contribution < -0.4 is 14.4 Å². The molecular formula is C27H32FN3O2. The zero-order valence-corrected chi connectivity index (χ0v) is 19.6. The van der Waals surface area contributed by atoms with Crippen molar-refractivity contribution in [3.63, 3.8) is 0 Å². The van der Waals surface area contributed by atoms with E-state index < -0.39 is 0 Å². The fourth-order valence-corrected chi connectivity index (χ4v) is 4.55. The van der Waals surface area contributed by atoms with Gasteiger partial charge in [0.2, 0.25) is 5.88 Å². The summed E-state index contributed by atoms with van der Waals surface area (Å²) in [6, 6.07) is 19.3. The summed E-state index contributed by atoms with van der Waals surface area (Å²) < 4.78 is 24.5. The molecule has 1 unspecified atom stereocenters. The first-order chi connectivity index (χ1) is 16.1. The molecule has 4 rings (SSSR count). The van der Waals surface area contributed by atoms with E-state index in [1.54, 1.807) is 19.2 Å². The summed E-state index contributed by atoms with van der Waals surface area (Å²) >= 11 is 0. The van der Waals surface area contributed by atoms with E-state index in [2.05, 4.69) is 22.8 Å². The van der Waals surface area contributed by atoms with Crippen molar-refractivity contribution in [2.75, 3.05) is 44.8 Å². The average Bonchev–Trinajstić information content (AvgIpc) is 3.07. The van der Waals surface area contributed by atoms with Crippen LogP contribution >= 0.6 is 0 Å². The van der Waals surface area contributed by atoms with Gasteiger partial charge in [-0.3, -0.25) is 4.90 Å². The molecule has 33 heavy (non-hydrogen) atoms. The topological polar surface area (TPSA) is 37.8 Å². The molecule has 5 nitrogen and oxygen atoms in total. The Balaban J connectivity index is 1.63. The van der Waals surface area contributed by atoms with E-state index in [9.17, 15) is 4.39 Å². The average molecular weight is 450 g/mol. The largest absolute Gasteiger partial charge is 0.494 e. The number of anilines is 1. The third-order valence-corrected chi connectivity index (χ3v) is 6.27. The van der Waals surface area contributed by atoms with Gasteiger partial charge in [-0.25, -0.2) is 9.37 Å². The fraction of sp³-hybridized carbons (Fsp3) is 0.370. The molecule has 0 bridgehead atoms. The second-order valence-corrected chi connectivity index (χ2v) is 8.15. The summed E-state index contributed by atoms with van der Waals surface area (Å²) in [6.07, 6.45) is 0.953. The van der Waals surface area contributed by atoms with Gasteiger partial charge in [0.05, 0.1) is 25.1 Å². The third-order valence-electron chi connectivity index (χ3n) is 6.27. The predicted molar refractivity (Wildman–Crippen MR) is 131 cm³/mol. The second kappa shape index (κ2) is 10.7. The molecule has 6 heteroatoms. The van der Waals surface area contributed by atoms with Crippen molar-refractivity contribution < 1.29 is 13.9 Å². The lowest BCUT2D eigenvalue weighted by molar-refractivity contribution is 0.219. The van der Waals surface area contributed by atoms with Crippen LogP contribution in [-0.4, -0.2) is 49.8 Å². The van der Waals surface area contributed by atoms with E-state index in [0.29, 0.717) is 12.5 Å². The van der Waals surface area contributed by atoms with Crippen LogP contribution in [0.4, 0.5) is 10.1 Å². The highest BCUT2D eigenvalue weighted by atomic mass is 19.1. The number of ether oxygens (including phenoxy) is 2. The maximum absolute atomic E-state index is 13.5. The first kappa shape index (κ1) is 23.1. The van der Waals surface area contributed by atoms with E-state index in [-0.39, 0.29) is 11.9 Å². The maximum Gasteiger partial charge on any atom is 0.213 e. The summed E-state index contributed by atoms with van der Waals surface area (Å²) in [5, 5.41) is 0.